The zero-order valence-electron chi connectivity index (χ0n) is 12.0. The lowest BCUT2D eigenvalue weighted by atomic mass is 10.2. The Labute approximate surface area is 133 Å². The third-order valence-electron chi connectivity index (χ3n) is 3.24. The summed E-state index contributed by atoms with van der Waals surface area (Å²) in [5.74, 6) is -0.0679. The molecule has 0 spiro atoms. The number of hydrogen-bond acceptors (Lipinski definition) is 2. The number of aryl methyl sites for hydroxylation is 2. The highest BCUT2D eigenvalue weighted by molar-refractivity contribution is 6.31. The molecule has 1 aromatic carbocycles. The molecule has 0 atom stereocenters. The van der Waals surface area contributed by atoms with Gasteiger partial charge in [-0.3, -0.25) is 4.68 Å². The maximum atomic E-state index is 13.9. The van der Waals surface area contributed by atoms with Gasteiger partial charge in [0.15, 0.2) is 11.6 Å². The molecule has 0 amide bonds. The van der Waals surface area contributed by atoms with Crippen LogP contribution in [-0.4, -0.2) is 9.78 Å². The van der Waals surface area contributed by atoms with Gasteiger partial charge < -0.3 is 4.74 Å². The van der Waals surface area contributed by atoms with E-state index in [0.29, 0.717) is 17.1 Å². The number of alkyl halides is 1. The molecular weight excluding hydrogens is 314 g/mol. The zero-order valence-corrected chi connectivity index (χ0v) is 13.5. The molecule has 0 saturated carbocycles. The van der Waals surface area contributed by atoms with Crippen molar-refractivity contribution < 1.29 is 9.13 Å². The summed E-state index contributed by atoms with van der Waals surface area (Å²) in [7, 11) is 0. The number of halogens is 3. The van der Waals surface area contributed by atoms with Gasteiger partial charge in [0.1, 0.15) is 6.61 Å². The molecule has 114 valence electrons. The summed E-state index contributed by atoms with van der Waals surface area (Å²) in [6.07, 6.45) is 0.742. The van der Waals surface area contributed by atoms with Crippen molar-refractivity contribution >= 4 is 23.2 Å². The molecular formula is C15H17Cl2FN2O. The van der Waals surface area contributed by atoms with E-state index in [9.17, 15) is 4.39 Å². The Kier molecular flexibility index (Phi) is 5.48. The van der Waals surface area contributed by atoms with Crippen molar-refractivity contribution in [3.63, 3.8) is 0 Å². The van der Waals surface area contributed by atoms with E-state index in [0.717, 1.165) is 17.8 Å². The number of rotatable bonds is 6. The summed E-state index contributed by atoms with van der Waals surface area (Å²) in [5.41, 5.74) is 2.19. The molecule has 1 heterocycles. The minimum absolute atomic E-state index is 0.157. The van der Waals surface area contributed by atoms with E-state index < -0.39 is 5.82 Å². The number of nitrogens with zero attached hydrogens (tertiary/aromatic N) is 2. The van der Waals surface area contributed by atoms with Crippen LogP contribution in [0.2, 0.25) is 5.02 Å². The van der Waals surface area contributed by atoms with E-state index in [-0.39, 0.29) is 18.2 Å². The lowest BCUT2D eigenvalue weighted by Gasteiger charge is -2.12. The van der Waals surface area contributed by atoms with Crippen LogP contribution in [-0.2, 0) is 25.5 Å². The first-order chi connectivity index (χ1) is 10.1. The summed E-state index contributed by atoms with van der Waals surface area (Å²) >= 11 is 12.1. The molecule has 2 rings (SSSR count). The molecule has 0 radical (unpaired) electrons. The highest BCUT2D eigenvalue weighted by Crippen LogP contribution is 2.27. The van der Waals surface area contributed by atoms with E-state index in [4.69, 9.17) is 27.9 Å². The lowest BCUT2D eigenvalue weighted by Crippen LogP contribution is -2.08. The number of ether oxygens (including phenoxy) is 1. The number of aromatic nitrogens is 2. The molecule has 0 aliphatic carbocycles. The molecule has 0 unspecified atom stereocenters. The van der Waals surface area contributed by atoms with Gasteiger partial charge in [-0.1, -0.05) is 30.7 Å². The molecule has 0 saturated heterocycles. The van der Waals surface area contributed by atoms with Crippen LogP contribution in [0.3, 0.4) is 0 Å². The zero-order chi connectivity index (χ0) is 15.4. The van der Waals surface area contributed by atoms with Crippen LogP contribution in [0, 0.1) is 5.82 Å². The third kappa shape index (κ3) is 3.33. The fourth-order valence-corrected chi connectivity index (χ4v) is 2.65. The van der Waals surface area contributed by atoms with Gasteiger partial charge in [0.25, 0.3) is 0 Å². The second-order valence-corrected chi connectivity index (χ2v) is 5.17. The molecule has 0 fully saturated rings. The van der Waals surface area contributed by atoms with Crippen LogP contribution >= 0.6 is 23.2 Å². The Morgan fingerprint density at radius 3 is 2.71 bits per heavy atom. The van der Waals surface area contributed by atoms with Gasteiger partial charge in [-0.25, -0.2) is 4.39 Å². The van der Waals surface area contributed by atoms with Crippen molar-refractivity contribution in [1.82, 2.24) is 9.78 Å². The smallest absolute Gasteiger partial charge is 0.165 e. The second-order valence-electron chi connectivity index (χ2n) is 4.53. The number of benzene rings is 1. The SMILES string of the molecule is CCc1nn(CC)c(COc2c(F)cccc2CCl)c1Cl. The van der Waals surface area contributed by atoms with Crippen molar-refractivity contribution in [2.45, 2.75) is 39.3 Å². The summed E-state index contributed by atoms with van der Waals surface area (Å²) in [4.78, 5) is 0. The Balaban J connectivity index is 2.26. The fraction of sp³-hybridized carbons (Fsp3) is 0.400. The van der Waals surface area contributed by atoms with Gasteiger partial charge in [0, 0.05) is 12.1 Å². The average molecular weight is 331 g/mol. The minimum Gasteiger partial charge on any atom is -0.484 e. The van der Waals surface area contributed by atoms with Crippen molar-refractivity contribution in [3.05, 3.63) is 46.0 Å². The Morgan fingerprint density at radius 1 is 1.33 bits per heavy atom. The maximum absolute atomic E-state index is 13.9. The van der Waals surface area contributed by atoms with Crippen molar-refractivity contribution in [1.29, 1.82) is 0 Å². The largest absolute Gasteiger partial charge is 0.484 e. The first-order valence-corrected chi connectivity index (χ1v) is 7.73. The Bertz CT molecular complexity index is 628. The Hall–Kier alpha value is -1.26. The normalized spacial score (nSPS) is 10.9. The van der Waals surface area contributed by atoms with Crippen LogP contribution in [0.1, 0.15) is 30.8 Å². The summed E-state index contributed by atoms with van der Waals surface area (Å²) in [6, 6.07) is 4.70. The minimum atomic E-state index is -0.428. The third-order valence-corrected chi connectivity index (χ3v) is 3.96. The first-order valence-electron chi connectivity index (χ1n) is 6.82. The molecule has 0 aliphatic heterocycles. The summed E-state index contributed by atoms with van der Waals surface area (Å²) < 4.78 is 21.3. The van der Waals surface area contributed by atoms with Gasteiger partial charge in [0.2, 0.25) is 0 Å². The molecule has 1 aromatic heterocycles. The van der Waals surface area contributed by atoms with Crippen molar-refractivity contribution in [3.8, 4) is 5.75 Å². The average Bonchev–Trinajstić information content (AvgIpc) is 2.81. The van der Waals surface area contributed by atoms with Crippen LogP contribution in [0.5, 0.6) is 5.75 Å². The number of para-hydroxylation sites is 1. The number of hydrogen-bond donors (Lipinski definition) is 0. The van der Waals surface area contributed by atoms with E-state index in [1.165, 1.54) is 6.07 Å². The second kappa shape index (κ2) is 7.14. The predicted octanol–water partition coefficient (Wildman–Crippen LogP) is 4.58. The van der Waals surface area contributed by atoms with Crippen LogP contribution in [0.25, 0.3) is 0 Å². The van der Waals surface area contributed by atoms with E-state index >= 15 is 0 Å². The fourth-order valence-electron chi connectivity index (χ4n) is 2.12. The van der Waals surface area contributed by atoms with Gasteiger partial charge in [0.05, 0.1) is 22.3 Å². The van der Waals surface area contributed by atoms with Gasteiger partial charge >= 0.3 is 0 Å². The molecule has 3 nitrogen and oxygen atoms in total. The highest BCUT2D eigenvalue weighted by Gasteiger charge is 2.16. The summed E-state index contributed by atoms with van der Waals surface area (Å²) in [5, 5.41) is 5.00. The van der Waals surface area contributed by atoms with Gasteiger partial charge in [-0.05, 0) is 19.4 Å². The summed E-state index contributed by atoms with van der Waals surface area (Å²) in [6.45, 7) is 4.80. The molecule has 0 N–H and O–H groups in total. The van der Waals surface area contributed by atoms with Crippen molar-refractivity contribution in [2.75, 3.05) is 0 Å². The van der Waals surface area contributed by atoms with E-state index in [2.05, 4.69) is 5.10 Å². The highest BCUT2D eigenvalue weighted by atomic mass is 35.5. The lowest BCUT2D eigenvalue weighted by molar-refractivity contribution is 0.276. The maximum Gasteiger partial charge on any atom is 0.165 e. The monoisotopic (exact) mass is 330 g/mol. The molecule has 0 bridgehead atoms. The van der Waals surface area contributed by atoms with Crippen LogP contribution in [0.15, 0.2) is 18.2 Å². The van der Waals surface area contributed by atoms with E-state index in [1.807, 2.05) is 13.8 Å². The van der Waals surface area contributed by atoms with Gasteiger partial charge in [-0.2, -0.15) is 5.10 Å². The van der Waals surface area contributed by atoms with Crippen LogP contribution < -0.4 is 4.74 Å². The van der Waals surface area contributed by atoms with Crippen LogP contribution in [0.4, 0.5) is 4.39 Å². The molecule has 21 heavy (non-hydrogen) atoms. The molecule has 2 aromatic rings. The van der Waals surface area contributed by atoms with E-state index in [1.54, 1.807) is 16.8 Å². The quantitative estimate of drug-likeness (QED) is 0.725. The van der Waals surface area contributed by atoms with Crippen molar-refractivity contribution in [2.24, 2.45) is 0 Å². The molecule has 6 heteroatoms. The topological polar surface area (TPSA) is 27.1 Å². The first kappa shape index (κ1) is 16.1. The Morgan fingerprint density at radius 2 is 2.10 bits per heavy atom. The molecule has 0 aliphatic rings. The standard InChI is InChI=1S/C15H17Cl2FN2O/c1-3-12-14(17)13(20(4-2)19-12)9-21-15-10(8-16)6-5-7-11(15)18/h5-7H,3-4,8-9H2,1-2H3. The predicted molar refractivity (Wildman–Crippen MR) is 82.6 cm³/mol. The van der Waals surface area contributed by atoms with Gasteiger partial charge in [-0.15, -0.1) is 11.6 Å².